The van der Waals surface area contributed by atoms with E-state index in [1.807, 2.05) is 0 Å². The number of benzene rings is 1. The van der Waals surface area contributed by atoms with Gasteiger partial charge >= 0.3 is 41.9 Å². The largest absolute Gasteiger partial charge is 0.480 e. The monoisotopic (exact) mass is 1340 g/mol. The summed E-state index contributed by atoms with van der Waals surface area (Å²) in [6.45, 7) is 33.1. The Hall–Kier alpha value is -7.56. The van der Waals surface area contributed by atoms with E-state index >= 15 is 0 Å². The van der Waals surface area contributed by atoms with Gasteiger partial charge in [-0.15, -0.1) is 0 Å². The summed E-state index contributed by atoms with van der Waals surface area (Å²) >= 11 is 4.24. The topological polar surface area (TPSA) is 394 Å². The number of ether oxygens (including phenoxy) is 6. The number of rotatable bonds is 32. The van der Waals surface area contributed by atoms with E-state index in [9.17, 15) is 67.4 Å². The maximum Gasteiger partial charge on any atom is 0.407 e. The Balaban J connectivity index is 3.83. The van der Waals surface area contributed by atoms with Crippen molar-refractivity contribution < 1.29 is 95.9 Å². The minimum absolute atomic E-state index is 0.0681. The molecule has 0 aromatic heterocycles. The molecular formula is C64H104N8O20S. The molecule has 0 spiro atoms. The van der Waals surface area contributed by atoms with Gasteiger partial charge in [0.2, 0.25) is 29.5 Å². The first-order valence-electron chi connectivity index (χ1n) is 30.8. The van der Waals surface area contributed by atoms with Gasteiger partial charge in [-0.05, 0) is 174 Å². The van der Waals surface area contributed by atoms with Gasteiger partial charge in [-0.25, -0.2) is 14.4 Å². The van der Waals surface area contributed by atoms with Crippen LogP contribution in [-0.2, 0) is 86.9 Å². The highest BCUT2D eigenvalue weighted by molar-refractivity contribution is 7.79. The van der Waals surface area contributed by atoms with Crippen molar-refractivity contribution in [2.75, 3.05) is 6.54 Å². The van der Waals surface area contributed by atoms with Crippen LogP contribution in [0.3, 0.4) is 0 Å². The average Bonchev–Trinajstić information content (AvgIpc) is 0.865. The number of carbonyl (C=O) groups excluding carboxylic acids is 12. The Morgan fingerprint density at radius 2 is 0.817 bits per heavy atom. The Bertz CT molecular complexity index is 2770. The number of unbranched alkanes of at least 4 members (excludes halogenated alkanes) is 1. The fraction of sp³-hybridized carbons (Fsp3) is 0.703. The molecular weight excluding hydrogens is 1230 g/mol. The summed E-state index contributed by atoms with van der Waals surface area (Å²) in [7, 11) is 0. The third kappa shape index (κ3) is 35.9. The molecule has 0 saturated heterocycles. The number of alkyl carbamates (subject to hydrolysis) is 1. The minimum Gasteiger partial charge on any atom is -0.480 e. The highest BCUT2D eigenvalue weighted by Crippen LogP contribution is 2.19. The van der Waals surface area contributed by atoms with E-state index in [-0.39, 0.29) is 24.9 Å². The summed E-state index contributed by atoms with van der Waals surface area (Å²) in [5.74, 6) is -13.7. The van der Waals surface area contributed by atoms with Crippen molar-refractivity contribution in [3.05, 3.63) is 35.4 Å². The number of hydrogen-bond acceptors (Lipinski definition) is 21. The predicted molar refractivity (Wildman–Crippen MR) is 345 cm³/mol. The lowest BCUT2D eigenvalue weighted by atomic mass is 10.0. The highest BCUT2D eigenvalue weighted by atomic mass is 32.1. The number of thiol groups is 1. The number of nitrogens with one attached hydrogen (secondary N) is 8. The number of aliphatic carboxylic acids is 1. The van der Waals surface area contributed by atoms with Gasteiger partial charge in [-0.2, -0.15) is 12.6 Å². The molecule has 0 bridgehead atoms. The number of hydrogen-bond donors (Lipinski definition) is 10. The summed E-state index contributed by atoms with van der Waals surface area (Å²) in [5.41, 5.74) is -5.20. The smallest absolute Gasteiger partial charge is 0.407 e. The van der Waals surface area contributed by atoms with Gasteiger partial charge in [-0.1, -0.05) is 26.0 Å². The van der Waals surface area contributed by atoms with Gasteiger partial charge in [-0.3, -0.25) is 53.3 Å². The molecule has 93 heavy (non-hydrogen) atoms. The molecule has 0 unspecified atom stereocenters. The SMILES string of the molecule is CC(C)[C@H](NC(=O)[C@H](CC(=O)OC(C)(C)C)NC(=O)[C@H](CC(=O)OC(C)(C)C)NC(=O)[C@H](CC(=O)OC(C)(C)C)NC(=O)c1ccc(CS)cc1)C(=O)N[C@@H](CC(=O)OC(C)(C)C)C(=O)O[C@H](C)[C@H](NC(C)(C)C)C(=O)N[C@@H](CCCCNC(=O)OC(C)(C)C)C(=O)O. The molecule has 0 aliphatic carbocycles. The Labute approximate surface area is 552 Å². The van der Waals surface area contributed by atoms with Crippen LogP contribution in [0.2, 0.25) is 0 Å². The van der Waals surface area contributed by atoms with E-state index in [1.165, 1.54) is 74.4 Å². The fourth-order valence-corrected chi connectivity index (χ4v) is 8.52. The summed E-state index contributed by atoms with van der Waals surface area (Å²) in [6.07, 6.45) is -5.09. The zero-order chi connectivity index (χ0) is 71.9. The molecule has 526 valence electrons. The second kappa shape index (κ2) is 36.2. The summed E-state index contributed by atoms with van der Waals surface area (Å²) in [6, 6.07) is -5.98. The van der Waals surface area contributed by atoms with Crippen molar-refractivity contribution in [1.82, 2.24) is 42.5 Å². The molecule has 0 aliphatic heterocycles. The lowest BCUT2D eigenvalue weighted by Gasteiger charge is -2.33. The van der Waals surface area contributed by atoms with Gasteiger partial charge in [0.25, 0.3) is 5.91 Å². The first-order valence-corrected chi connectivity index (χ1v) is 31.5. The maximum absolute atomic E-state index is 14.7. The standard InChI is InChI=1S/C64H104N8O20S/c1-35(2)48(54(81)70-43(33-47(76)91-63(16,17)18)57(85)87-36(3)49(72-59(4,5)6)55(82)66-39(56(83)84)24-22-23-29-65-58(86)92-64(19,20)21)71-53(80)42(32-46(75)90-62(13,14)15)69-52(79)41(31-45(74)89-61(10,11)12)68-51(78)40(30-44(73)88-60(7,8)9)67-50(77)38-27-25-37(34-93)26-28-38/h25-28,35-36,39-43,48-49,72,93H,22-24,29-34H2,1-21H3,(H,65,86)(H,66,82)(H,67,77)(H,68,78)(H,69,79)(H,70,81)(H,71,80)(H,83,84)/t36-,39+,40+,41+,42+,43+,48+,49+/m1/s1. The van der Waals surface area contributed by atoms with E-state index in [0.29, 0.717) is 12.2 Å². The van der Waals surface area contributed by atoms with Crippen molar-refractivity contribution in [3.8, 4) is 0 Å². The van der Waals surface area contributed by atoms with E-state index in [4.69, 9.17) is 28.4 Å². The molecule has 8 atom stereocenters. The van der Waals surface area contributed by atoms with Crippen LogP contribution in [0.15, 0.2) is 24.3 Å². The van der Waals surface area contributed by atoms with E-state index in [1.54, 1.807) is 95.2 Å². The molecule has 0 saturated carbocycles. The van der Waals surface area contributed by atoms with Crippen LogP contribution in [-0.4, -0.2) is 171 Å². The zero-order valence-corrected chi connectivity index (χ0v) is 58.9. The predicted octanol–water partition coefficient (Wildman–Crippen LogP) is 4.69. The van der Waals surface area contributed by atoms with Gasteiger partial charge in [0.1, 0.15) is 76.4 Å². The van der Waals surface area contributed by atoms with Gasteiger partial charge in [0.15, 0.2) is 0 Å². The van der Waals surface area contributed by atoms with Crippen molar-refractivity contribution in [3.63, 3.8) is 0 Å². The molecule has 1 aromatic carbocycles. The van der Waals surface area contributed by atoms with Crippen molar-refractivity contribution >= 4 is 90.0 Å². The molecule has 28 nitrogen and oxygen atoms in total. The molecule has 29 heteroatoms. The van der Waals surface area contributed by atoms with Crippen LogP contribution in [0.25, 0.3) is 0 Å². The molecule has 0 aliphatic rings. The van der Waals surface area contributed by atoms with Crippen LogP contribution < -0.4 is 42.5 Å². The van der Waals surface area contributed by atoms with Gasteiger partial charge in [0, 0.05) is 23.4 Å². The lowest BCUT2D eigenvalue weighted by molar-refractivity contribution is -0.163. The normalized spacial score (nSPS) is 14.7. The molecule has 9 N–H and O–H groups in total. The number of carboxylic acids is 1. The third-order valence-corrected chi connectivity index (χ3v) is 12.5. The number of carbonyl (C=O) groups is 13. The number of amides is 7. The van der Waals surface area contributed by atoms with Crippen LogP contribution in [0, 0.1) is 5.92 Å². The third-order valence-electron chi connectivity index (χ3n) is 12.1. The number of esters is 5. The summed E-state index contributed by atoms with van der Waals surface area (Å²) in [4.78, 5) is 179. The lowest BCUT2D eigenvalue weighted by Crippen LogP contribution is -2.61. The molecule has 7 amide bonds. The Morgan fingerprint density at radius 1 is 0.452 bits per heavy atom. The van der Waals surface area contributed by atoms with E-state index < -0.39 is 191 Å². The minimum atomic E-state index is -1.97. The molecule has 0 fully saturated rings. The van der Waals surface area contributed by atoms with Crippen LogP contribution >= 0.6 is 12.6 Å². The Kier molecular flexibility index (Phi) is 32.5. The molecule has 0 heterocycles. The van der Waals surface area contributed by atoms with Crippen molar-refractivity contribution in [1.29, 1.82) is 0 Å². The first-order chi connectivity index (χ1) is 42.3. The zero-order valence-electron chi connectivity index (χ0n) is 58.0. The summed E-state index contributed by atoms with van der Waals surface area (Å²) < 4.78 is 32.9. The van der Waals surface area contributed by atoms with Crippen molar-refractivity contribution in [2.24, 2.45) is 5.92 Å². The van der Waals surface area contributed by atoms with Crippen LogP contribution in [0.1, 0.15) is 206 Å². The second-order valence-electron chi connectivity index (χ2n) is 28.8. The van der Waals surface area contributed by atoms with Crippen LogP contribution in [0.4, 0.5) is 4.79 Å². The highest BCUT2D eigenvalue weighted by Gasteiger charge is 2.41. The Morgan fingerprint density at radius 3 is 1.19 bits per heavy atom. The molecule has 1 rings (SSSR count). The summed E-state index contributed by atoms with van der Waals surface area (Å²) in [5, 5.41) is 30.4. The van der Waals surface area contributed by atoms with Gasteiger partial charge < -0.3 is 70.7 Å². The van der Waals surface area contributed by atoms with Crippen molar-refractivity contribution in [2.45, 2.75) is 278 Å². The maximum atomic E-state index is 14.7. The molecule has 0 radical (unpaired) electrons. The number of carboxylic acid groups (broad SMARTS) is 1. The van der Waals surface area contributed by atoms with E-state index in [0.717, 1.165) is 5.56 Å². The second-order valence-corrected chi connectivity index (χ2v) is 29.1. The first kappa shape index (κ1) is 83.5. The quantitative estimate of drug-likeness (QED) is 0.0202. The molecule has 1 aromatic rings. The van der Waals surface area contributed by atoms with Gasteiger partial charge in [0.05, 0.1) is 25.7 Å². The van der Waals surface area contributed by atoms with Crippen LogP contribution in [0.5, 0.6) is 0 Å². The van der Waals surface area contributed by atoms with E-state index in [2.05, 4.69) is 55.2 Å². The fourth-order valence-electron chi connectivity index (χ4n) is 8.31. The average molecular weight is 1340 g/mol.